The van der Waals surface area contributed by atoms with Crippen molar-refractivity contribution in [2.24, 2.45) is 16.0 Å². The maximum absolute atomic E-state index is 13.3. The van der Waals surface area contributed by atoms with Crippen LogP contribution in [0.4, 0.5) is 18.0 Å². The van der Waals surface area contributed by atoms with Crippen molar-refractivity contribution >= 4 is 23.9 Å². The highest BCUT2D eigenvalue weighted by molar-refractivity contribution is 6.06. The number of hydrogen-bond donors (Lipinski definition) is 1. The van der Waals surface area contributed by atoms with Crippen LogP contribution in [0.1, 0.15) is 37.1 Å². The number of alkyl halides is 3. The summed E-state index contributed by atoms with van der Waals surface area (Å²) in [7, 11) is 1.24. The van der Waals surface area contributed by atoms with Gasteiger partial charge in [0.1, 0.15) is 0 Å². The Labute approximate surface area is 217 Å². The number of carbonyl (C=O) groups excluding carboxylic acids is 2. The van der Waals surface area contributed by atoms with Gasteiger partial charge in [-0.15, -0.1) is 13.2 Å². The molecule has 12 heteroatoms. The summed E-state index contributed by atoms with van der Waals surface area (Å²) in [4.78, 5) is 31.7. The molecule has 0 fully saturated rings. The van der Waals surface area contributed by atoms with Crippen molar-refractivity contribution in [3.8, 4) is 11.5 Å². The van der Waals surface area contributed by atoms with Crippen LogP contribution in [0.25, 0.3) is 0 Å². The number of hydrazone groups is 1. The number of carbonyl (C=O) groups is 2. The van der Waals surface area contributed by atoms with E-state index in [1.807, 2.05) is 6.92 Å². The van der Waals surface area contributed by atoms with E-state index < -0.39 is 24.3 Å². The third-order valence-corrected chi connectivity index (χ3v) is 6.05. The van der Waals surface area contributed by atoms with Crippen LogP contribution < -0.4 is 14.8 Å². The molecule has 0 saturated heterocycles. The fraction of sp³-hybridized carbons (Fsp3) is 0.308. The lowest BCUT2D eigenvalue weighted by molar-refractivity contribution is -0.275. The van der Waals surface area contributed by atoms with E-state index in [-0.39, 0.29) is 30.5 Å². The van der Waals surface area contributed by atoms with Crippen molar-refractivity contribution in [1.82, 2.24) is 15.2 Å². The van der Waals surface area contributed by atoms with Gasteiger partial charge >= 0.3 is 12.4 Å². The Kier molecular flexibility index (Phi) is 7.99. The van der Waals surface area contributed by atoms with E-state index in [1.54, 1.807) is 42.6 Å². The van der Waals surface area contributed by atoms with Gasteiger partial charge < -0.3 is 14.8 Å². The number of ether oxygens (including phenoxy) is 2. The Morgan fingerprint density at radius 3 is 2.58 bits per heavy atom. The first-order chi connectivity index (χ1) is 18.2. The zero-order chi connectivity index (χ0) is 27.3. The van der Waals surface area contributed by atoms with Gasteiger partial charge in [0.25, 0.3) is 0 Å². The lowest BCUT2D eigenvalue weighted by Gasteiger charge is -2.35. The number of nitrogens with one attached hydrogen (secondary N) is 1. The molecule has 9 nitrogen and oxygen atoms in total. The van der Waals surface area contributed by atoms with Crippen molar-refractivity contribution in [3.63, 3.8) is 0 Å². The van der Waals surface area contributed by atoms with E-state index in [0.29, 0.717) is 23.3 Å². The van der Waals surface area contributed by atoms with Crippen LogP contribution in [-0.2, 0) is 4.79 Å². The Morgan fingerprint density at radius 1 is 1.18 bits per heavy atom. The number of benzene rings is 2. The molecule has 1 N–H and O–H groups in total. The normalized spacial score (nSPS) is 18.2. The zero-order valence-corrected chi connectivity index (χ0v) is 20.7. The van der Waals surface area contributed by atoms with Gasteiger partial charge in [0, 0.05) is 36.5 Å². The van der Waals surface area contributed by atoms with Gasteiger partial charge in [0.05, 0.1) is 19.4 Å². The topological polar surface area (TPSA) is 95.8 Å². The third-order valence-electron chi connectivity index (χ3n) is 6.05. The monoisotopic (exact) mass is 529 g/mol. The molecule has 0 spiro atoms. The van der Waals surface area contributed by atoms with Gasteiger partial charge in [-0.1, -0.05) is 37.3 Å². The second kappa shape index (κ2) is 11.4. The molecule has 0 aliphatic carbocycles. The van der Waals surface area contributed by atoms with Crippen molar-refractivity contribution in [2.75, 3.05) is 13.7 Å². The largest absolute Gasteiger partial charge is 0.573 e. The van der Waals surface area contributed by atoms with Crippen LogP contribution in [0.5, 0.6) is 11.5 Å². The highest BCUT2D eigenvalue weighted by atomic mass is 19.4. The fourth-order valence-electron chi connectivity index (χ4n) is 4.18. The number of amides is 3. The molecule has 2 aliphatic heterocycles. The number of rotatable bonds is 7. The van der Waals surface area contributed by atoms with E-state index in [2.05, 4.69) is 20.1 Å². The van der Waals surface area contributed by atoms with Crippen LogP contribution in [0.15, 0.2) is 71.0 Å². The highest BCUT2D eigenvalue weighted by Gasteiger charge is 2.37. The number of nitrogens with zero attached hydrogens (tertiary/aromatic N) is 4. The Morgan fingerprint density at radius 2 is 1.95 bits per heavy atom. The molecule has 2 aromatic carbocycles. The predicted molar refractivity (Wildman–Crippen MR) is 134 cm³/mol. The van der Waals surface area contributed by atoms with Crippen LogP contribution in [0, 0.1) is 5.92 Å². The molecule has 2 heterocycles. The van der Waals surface area contributed by atoms with Gasteiger partial charge in [0.15, 0.2) is 17.7 Å². The summed E-state index contributed by atoms with van der Waals surface area (Å²) < 4.78 is 48.3. The third kappa shape index (κ3) is 6.13. The molecule has 0 bridgehead atoms. The lowest BCUT2D eigenvalue weighted by Crippen LogP contribution is -2.49. The molecule has 2 atom stereocenters. The molecule has 2 aromatic rings. The molecular formula is C26H26F3N5O4. The number of aliphatic imine (C=N–C) groups is 1. The fourth-order valence-corrected chi connectivity index (χ4v) is 4.18. The molecule has 0 saturated carbocycles. The van der Waals surface area contributed by atoms with Gasteiger partial charge in [-0.2, -0.15) is 5.10 Å². The lowest BCUT2D eigenvalue weighted by atomic mass is 9.89. The Bertz CT molecular complexity index is 1260. The summed E-state index contributed by atoms with van der Waals surface area (Å²) in [6, 6.07) is 12.4. The molecule has 2 unspecified atom stereocenters. The molecule has 4 rings (SSSR count). The van der Waals surface area contributed by atoms with Crippen molar-refractivity contribution < 1.29 is 32.2 Å². The predicted octanol–water partition coefficient (Wildman–Crippen LogP) is 4.82. The summed E-state index contributed by atoms with van der Waals surface area (Å²) in [6.07, 6.45) is -0.791. The molecule has 2 aliphatic rings. The van der Waals surface area contributed by atoms with E-state index in [0.717, 1.165) is 0 Å². The average Bonchev–Trinajstić information content (AvgIpc) is 2.91. The summed E-state index contributed by atoms with van der Waals surface area (Å²) in [5.41, 5.74) is 1.32. The minimum atomic E-state index is -4.93. The van der Waals surface area contributed by atoms with E-state index >= 15 is 0 Å². The molecule has 38 heavy (non-hydrogen) atoms. The van der Waals surface area contributed by atoms with Crippen LogP contribution in [0.2, 0.25) is 0 Å². The van der Waals surface area contributed by atoms with Crippen LogP contribution in [0.3, 0.4) is 0 Å². The molecule has 0 radical (unpaired) electrons. The maximum Gasteiger partial charge on any atom is 0.573 e. The smallest absolute Gasteiger partial charge is 0.493 e. The number of methoxy groups -OCH3 is 1. The first kappa shape index (κ1) is 26.7. The molecule has 3 amide bonds. The average molecular weight is 530 g/mol. The second-order valence-electron chi connectivity index (χ2n) is 8.49. The Balaban J connectivity index is 1.75. The zero-order valence-electron chi connectivity index (χ0n) is 20.7. The van der Waals surface area contributed by atoms with Gasteiger partial charge in [-0.05, 0) is 30.2 Å². The van der Waals surface area contributed by atoms with Crippen molar-refractivity contribution in [3.05, 3.63) is 72.1 Å². The minimum Gasteiger partial charge on any atom is -0.493 e. The Hall–Kier alpha value is -4.35. The van der Waals surface area contributed by atoms with E-state index in [1.165, 1.54) is 41.6 Å². The number of halogens is 3. The first-order valence-corrected chi connectivity index (χ1v) is 11.8. The molecule has 0 aromatic heterocycles. The highest BCUT2D eigenvalue weighted by Crippen LogP contribution is 2.36. The van der Waals surface area contributed by atoms with Crippen molar-refractivity contribution in [1.29, 1.82) is 0 Å². The number of hydrogen-bond acceptors (Lipinski definition) is 6. The van der Waals surface area contributed by atoms with Crippen molar-refractivity contribution in [2.45, 2.75) is 32.3 Å². The van der Waals surface area contributed by atoms with E-state index in [9.17, 15) is 22.8 Å². The van der Waals surface area contributed by atoms with E-state index in [4.69, 9.17) is 4.74 Å². The molecular weight excluding hydrogens is 503 g/mol. The number of urea groups is 1. The van der Waals surface area contributed by atoms with Crippen LogP contribution in [-0.4, -0.2) is 53.8 Å². The maximum atomic E-state index is 13.3. The van der Waals surface area contributed by atoms with Gasteiger partial charge in [-0.25, -0.2) is 9.80 Å². The van der Waals surface area contributed by atoms with Gasteiger partial charge in [0.2, 0.25) is 5.91 Å². The van der Waals surface area contributed by atoms with Gasteiger partial charge in [-0.3, -0.25) is 14.7 Å². The summed E-state index contributed by atoms with van der Waals surface area (Å²) in [5.74, 6) is -1.33. The summed E-state index contributed by atoms with van der Waals surface area (Å²) >= 11 is 0. The standard InChI is InChI=1S/C26H26F3N5O4/c1-3-17-16-22(35)34(32-23(17)19-9-10-20(37-2)21(15-19)38-26(27,28)29)24(18-7-5-4-6-8-18)31-25(36)33-13-11-30-12-14-33/h4-13,15,17,24H,3,14,16H2,1-2H3,(H,31,36). The minimum absolute atomic E-state index is 0.0479. The summed E-state index contributed by atoms with van der Waals surface area (Å²) in [6.45, 7) is 2.11. The summed E-state index contributed by atoms with van der Waals surface area (Å²) in [5, 5.41) is 8.62. The SMILES string of the molecule is CCC1CC(=O)N(C(NC(=O)N2C=CN=CC2)c2ccccc2)N=C1c1ccc(OC)c(OC(F)(F)F)c1. The first-order valence-electron chi connectivity index (χ1n) is 11.8. The quantitative estimate of drug-likeness (QED) is 0.556. The molecule has 200 valence electrons. The second-order valence-corrected chi connectivity index (χ2v) is 8.49. The van der Waals surface area contributed by atoms with Crippen LogP contribution >= 0.6 is 0 Å².